The Labute approximate surface area is 130 Å². The smallest absolute Gasteiger partial charge is 0.320 e. The minimum Gasteiger partial charge on any atom is -0.481 e. The van der Waals surface area contributed by atoms with Gasteiger partial charge in [-0.25, -0.2) is 0 Å². The average Bonchev–Trinajstić information content (AvgIpc) is 2.42. The molecule has 0 bridgehead atoms. The van der Waals surface area contributed by atoms with Crippen LogP contribution in [0.15, 0.2) is 0 Å². The third-order valence-corrected chi connectivity index (χ3v) is 2.82. The minimum atomic E-state index is -0.933. The topological polar surface area (TPSA) is 164 Å². The molecule has 0 spiro atoms. The van der Waals surface area contributed by atoms with E-state index in [-0.39, 0.29) is 12.8 Å². The molecule has 0 saturated heterocycles. The number of nitrogens with two attached hydrogens (primary N) is 2. The third-order valence-electron chi connectivity index (χ3n) is 2.82. The largest absolute Gasteiger partial charge is 0.481 e. The second-order valence-corrected chi connectivity index (χ2v) is 4.93. The van der Waals surface area contributed by atoms with Gasteiger partial charge in [0.25, 0.3) is 0 Å². The van der Waals surface area contributed by atoms with Gasteiger partial charge >= 0.3 is 17.9 Å². The van der Waals surface area contributed by atoms with E-state index in [1.54, 1.807) is 0 Å². The van der Waals surface area contributed by atoms with Crippen LogP contribution >= 0.6 is 0 Å². The van der Waals surface area contributed by atoms with E-state index in [1.165, 1.54) is 0 Å². The molecule has 22 heavy (non-hydrogen) atoms. The lowest BCUT2D eigenvalue weighted by Gasteiger charge is -2.03. The van der Waals surface area contributed by atoms with Crippen molar-refractivity contribution in [3.63, 3.8) is 0 Å². The number of rotatable bonds is 12. The Morgan fingerprint density at radius 1 is 0.773 bits per heavy atom. The Hall–Kier alpha value is -1.67. The molecule has 7 N–H and O–H groups in total. The SMILES string of the molecule is NCCCC[C@H](N)C(=O)O.O=C(O)CCCCCCC(=O)O. The fraction of sp³-hybridized carbons (Fsp3) is 0.786. The highest BCUT2D eigenvalue weighted by molar-refractivity contribution is 5.72. The predicted octanol–water partition coefficient (Wildman–Crippen LogP) is 1.02. The van der Waals surface area contributed by atoms with Crippen molar-refractivity contribution < 1.29 is 29.7 Å². The predicted molar refractivity (Wildman–Crippen MR) is 81.5 cm³/mol. The van der Waals surface area contributed by atoms with Gasteiger partial charge in [0.15, 0.2) is 0 Å². The molecule has 0 unspecified atom stereocenters. The summed E-state index contributed by atoms with van der Waals surface area (Å²) in [6.07, 6.45) is 5.45. The van der Waals surface area contributed by atoms with Crippen molar-refractivity contribution in [2.45, 2.75) is 63.8 Å². The fourth-order valence-corrected chi connectivity index (χ4v) is 1.54. The fourth-order valence-electron chi connectivity index (χ4n) is 1.54. The van der Waals surface area contributed by atoms with Gasteiger partial charge in [0.1, 0.15) is 6.04 Å². The zero-order chi connectivity index (χ0) is 17.4. The van der Waals surface area contributed by atoms with Crippen molar-refractivity contribution in [2.75, 3.05) is 6.54 Å². The molecule has 130 valence electrons. The second-order valence-electron chi connectivity index (χ2n) is 4.93. The van der Waals surface area contributed by atoms with Crippen molar-refractivity contribution in [1.82, 2.24) is 0 Å². The summed E-state index contributed by atoms with van der Waals surface area (Å²) in [7, 11) is 0. The van der Waals surface area contributed by atoms with Crippen molar-refractivity contribution in [3.05, 3.63) is 0 Å². The molecule has 0 rings (SSSR count). The molecule has 8 heteroatoms. The number of carboxylic acids is 3. The molecule has 0 aromatic rings. The maximum absolute atomic E-state index is 10.1. The number of carbonyl (C=O) groups is 3. The first-order valence-corrected chi connectivity index (χ1v) is 7.43. The molecule has 0 aromatic heterocycles. The summed E-state index contributed by atoms with van der Waals surface area (Å²) in [5.41, 5.74) is 10.4. The van der Waals surface area contributed by atoms with Crippen LogP contribution < -0.4 is 11.5 Å². The van der Waals surface area contributed by atoms with Crippen LogP contribution in [0.3, 0.4) is 0 Å². The van der Waals surface area contributed by atoms with Gasteiger partial charge in [-0.1, -0.05) is 19.3 Å². The van der Waals surface area contributed by atoms with Crippen LogP contribution in [0.5, 0.6) is 0 Å². The number of aliphatic carboxylic acids is 3. The van der Waals surface area contributed by atoms with E-state index in [0.717, 1.165) is 25.7 Å². The number of hydrogen-bond donors (Lipinski definition) is 5. The highest BCUT2D eigenvalue weighted by atomic mass is 16.4. The van der Waals surface area contributed by atoms with E-state index >= 15 is 0 Å². The van der Waals surface area contributed by atoms with Gasteiger partial charge in [0, 0.05) is 12.8 Å². The molecule has 0 saturated carbocycles. The highest BCUT2D eigenvalue weighted by Gasteiger charge is 2.09. The minimum absolute atomic E-state index is 0.188. The normalized spacial score (nSPS) is 11.2. The summed E-state index contributed by atoms with van der Waals surface area (Å²) in [4.78, 5) is 30.2. The zero-order valence-corrected chi connectivity index (χ0v) is 12.9. The molecular weight excluding hydrogens is 292 g/mol. The first kappa shape index (κ1) is 22.6. The molecule has 0 aliphatic rings. The highest BCUT2D eigenvalue weighted by Crippen LogP contribution is 2.04. The average molecular weight is 320 g/mol. The van der Waals surface area contributed by atoms with E-state index in [4.69, 9.17) is 26.8 Å². The Morgan fingerprint density at radius 3 is 1.55 bits per heavy atom. The Bertz CT molecular complexity index is 304. The third kappa shape index (κ3) is 20.6. The van der Waals surface area contributed by atoms with Gasteiger partial charge in [-0.15, -0.1) is 0 Å². The Kier molecular flexibility index (Phi) is 16.1. The van der Waals surface area contributed by atoms with Crippen LogP contribution in [0.1, 0.15) is 57.8 Å². The van der Waals surface area contributed by atoms with Crippen molar-refractivity contribution in [3.8, 4) is 0 Å². The Balaban J connectivity index is 0. The van der Waals surface area contributed by atoms with E-state index < -0.39 is 23.9 Å². The van der Waals surface area contributed by atoms with E-state index in [2.05, 4.69) is 0 Å². The van der Waals surface area contributed by atoms with Gasteiger partial charge in [-0.05, 0) is 32.2 Å². The summed E-state index contributed by atoms with van der Waals surface area (Å²) in [6, 6.07) is -0.716. The van der Waals surface area contributed by atoms with Crippen LogP contribution in [0.2, 0.25) is 0 Å². The molecule has 0 aliphatic heterocycles. The zero-order valence-electron chi connectivity index (χ0n) is 12.9. The molecule has 0 heterocycles. The number of unbranched alkanes of at least 4 members (excludes halogenated alkanes) is 4. The quantitative estimate of drug-likeness (QED) is 0.332. The van der Waals surface area contributed by atoms with Crippen LogP contribution in [0, 0.1) is 0 Å². The van der Waals surface area contributed by atoms with E-state index in [0.29, 0.717) is 25.8 Å². The maximum Gasteiger partial charge on any atom is 0.320 e. The van der Waals surface area contributed by atoms with Gasteiger partial charge in [-0.2, -0.15) is 0 Å². The van der Waals surface area contributed by atoms with Crippen LogP contribution in [-0.4, -0.2) is 45.8 Å². The maximum atomic E-state index is 10.1. The molecule has 0 aromatic carbocycles. The van der Waals surface area contributed by atoms with Gasteiger partial charge in [0.05, 0.1) is 0 Å². The molecule has 0 amide bonds. The standard InChI is InChI=1S/C8H14O4.C6H14N2O2/c9-7(10)5-3-1-2-4-6-8(11)12;7-4-2-1-3-5(8)6(9)10/h1-6H2,(H,9,10)(H,11,12);5H,1-4,7-8H2,(H,9,10)/t;5-/m.0/s1. The monoisotopic (exact) mass is 320 g/mol. The molecule has 1 atom stereocenters. The molecule has 0 fully saturated rings. The first-order valence-electron chi connectivity index (χ1n) is 7.43. The molecule has 0 aliphatic carbocycles. The lowest BCUT2D eigenvalue weighted by atomic mass is 10.1. The van der Waals surface area contributed by atoms with E-state index in [1.807, 2.05) is 0 Å². The van der Waals surface area contributed by atoms with Gasteiger partial charge in [-0.3, -0.25) is 14.4 Å². The first-order chi connectivity index (χ1) is 10.3. The molecule has 8 nitrogen and oxygen atoms in total. The second kappa shape index (κ2) is 15.7. The molecular formula is C14H28N2O6. The summed E-state index contributed by atoms with van der Waals surface area (Å²) < 4.78 is 0. The van der Waals surface area contributed by atoms with Crippen LogP contribution in [0.4, 0.5) is 0 Å². The van der Waals surface area contributed by atoms with Gasteiger partial charge < -0.3 is 26.8 Å². The number of hydrogen-bond acceptors (Lipinski definition) is 5. The van der Waals surface area contributed by atoms with Crippen LogP contribution in [0.25, 0.3) is 0 Å². The number of carboxylic acid groups (broad SMARTS) is 3. The lowest BCUT2D eigenvalue weighted by molar-refractivity contribution is -0.139. The van der Waals surface area contributed by atoms with Gasteiger partial charge in [0.2, 0.25) is 0 Å². The van der Waals surface area contributed by atoms with Crippen molar-refractivity contribution in [2.24, 2.45) is 11.5 Å². The van der Waals surface area contributed by atoms with Crippen molar-refractivity contribution in [1.29, 1.82) is 0 Å². The summed E-state index contributed by atoms with van der Waals surface area (Å²) >= 11 is 0. The lowest BCUT2D eigenvalue weighted by Crippen LogP contribution is -2.29. The summed E-state index contributed by atoms with van der Waals surface area (Å²) in [6.45, 7) is 0.604. The van der Waals surface area contributed by atoms with Crippen LogP contribution in [-0.2, 0) is 14.4 Å². The Morgan fingerprint density at radius 2 is 1.23 bits per heavy atom. The molecule has 0 radical (unpaired) electrons. The van der Waals surface area contributed by atoms with E-state index in [9.17, 15) is 14.4 Å². The summed E-state index contributed by atoms with van der Waals surface area (Å²) in [5, 5.41) is 24.9. The summed E-state index contributed by atoms with van der Waals surface area (Å²) in [5.74, 6) is -2.50. The van der Waals surface area contributed by atoms with Crippen molar-refractivity contribution >= 4 is 17.9 Å².